The number of nitrogens with zero attached hydrogens (tertiary/aromatic N) is 2. The fourth-order valence-electron chi connectivity index (χ4n) is 8.09. The molecule has 3 amide bonds. The molecule has 0 unspecified atom stereocenters. The van der Waals surface area contributed by atoms with Gasteiger partial charge in [0.2, 0.25) is 11.8 Å². The zero-order valence-electron chi connectivity index (χ0n) is 24.6. The van der Waals surface area contributed by atoms with Gasteiger partial charge in [-0.05, 0) is 72.2 Å². The summed E-state index contributed by atoms with van der Waals surface area (Å²) in [6, 6.07) is 17.7. The molecule has 11 nitrogen and oxygen atoms in total. The van der Waals surface area contributed by atoms with Crippen LogP contribution in [0.15, 0.2) is 76.6 Å². The SMILES string of the molecule is O=C(COc1cccc([C@@H]2c3sc(=O)[nH]c3S[C@@H]3[C@@H]4C[C@@H]([C@@H]5C(=O)N(c6ccc([N+](=O)[O-])cc6)C(=O)[C@@H]45)[C@H]23)c1)Nc1ccc(Cl)c(Cl)c1. The molecule has 1 aromatic heterocycles. The Morgan fingerprint density at radius 1 is 1.00 bits per heavy atom. The van der Waals surface area contributed by atoms with Crippen LogP contribution >= 0.6 is 46.3 Å². The first-order valence-electron chi connectivity index (χ1n) is 15.1. The van der Waals surface area contributed by atoms with Gasteiger partial charge in [0.15, 0.2) is 6.61 Å². The van der Waals surface area contributed by atoms with Gasteiger partial charge in [0, 0.05) is 33.9 Å². The number of hydrogen-bond acceptors (Lipinski definition) is 9. The van der Waals surface area contributed by atoms with Crippen LogP contribution in [0.5, 0.6) is 5.75 Å². The number of nitro groups is 1. The summed E-state index contributed by atoms with van der Waals surface area (Å²) in [6.45, 7) is -0.261. The van der Waals surface area contributed by atoms with Crippen molar-refractivity contribution in [2.75, 3.05) is 16.8 Å². The lowest BCUT2D eigenvalue weighted by Gasteiger charge is -2.43. The maximum Gasteiger partial charge on any atom is 0.305 e. The van der Waals surface area contributed by atoms with Gasteiger partial charge in [0.05, 0.1) is 37.5 Å². The third-order valence-electron chi connectivity index (χ3n) is 9.83. The molecule has 3 heterocycles. The summed E-state index contributed by atoms with van der Waals surface area (Å²) in [5, 5.41) is 15.4. The summed E-state index contributed by atoms with van der Waals surface area (Å²) in [4.78, 5) is 68.7. The topological polar surface area (TPSA) is 152 Å². The second-order valence-electron chi connectivity index (χ2n) is 12.3. The first kappa shape index (κ1) is 31.1. The van der Waals surface area contributed by atoms with Crippen molar-refractivity contribution >= 4 is 81.1 Å². The Morgan fingerprint density at radius 3 is 2.48 bits per heavy atom. The van der Waals surface area contributed by atoms with Crippen molar-refractivity contribution in [1.29, 1.82) is 0 Å². The number of aromatic amines is 1. The highest BCUT2D eigenvalue weighted by molar-refractivity contribution is 8.00. The number of amides is 3. The predicted octanol–water partition coefficient (Wildman–Crippen LogP) is 6.35. The zero-order valence-corrected chi connectivity index (χ0v) is 27.8. The van der Waals surface area contributed by atoms with E-state index in [1.807, 2.05) is 18.2 Å². The van der Waals surface area contributed by atoms with Crippen LogP contribution in [-0.2, 0) is 14.4 Å². The molecule has 0 radical (unpaired) electrons. The van der Waals surface area contributed by atoms with E-state index in [2.05, 4.69) is 10.3 Å². The molecular weight excluding hydrogens is 699 g/mol. The van der Waals surface area contributed by atoms with Crippen molar-refractivity contribution in [2.24, 2.45) is 29.6 Å². The number of imide groups is 1. The smallest absolute Gasteiger partial charge is 0.305 e. The van der Waals surface area contributed by atoms with Crippen LogP contribution in [0, 0.1) is 39.7 Å². The van der Waals surface area contributed by atoms with Gasteiger partial charge in [-0.25, -0.2) is 0 Å². The van der Waals surface area contributed by atoms with Crippen LogP contribution in [0.1, 0.15) is 22.8 Å². The quantitative estimate of drug-likeness (QED) is 0.127. The van der Waals surface area contributed by atoms with Gasteiger partial charge in [-0.3, -0.25) is 34.2 Å². The Labute approximate surface area is 290 Å². The molecule has 7 atom stereocenters. The number of non-ortho nitro benzene ring substituents is 1. The minimum absolute atomic E-state index is 0.0193. The number of aromatic nitrogens is 1. The molecule has 4 aliphatic rings. The number of carbonyl (C=O) groups excluding carboxylic acids is 3. The molecule has 2 N–H and O–H groups in total. The third-order valence-corrected chi connectivity index (χ3v) is 13.2. The standard InChI is InChI=1S/C33H24Cl2N4O7S2/c34-21-9-4-15(11-22(21)35)36-23(40)13-46-18-3-1-2-14(10-18)24-25-19-12-20(28(25)47-30-29(24)48-33(43)37-30)27-26(19)31(41)38(32(27)42)16-5-7-17(8-6-16)39(44)45/h1-11,19-20,24-28H,12-13H2,(H,36,40)(H,37,43)/t19-,20-,24+,25-,26+,27+,28-/m1/s1. The van der Waals surface area contributed by atoms with E-state index in [1.54, 1.807) is 36.0 Å². The summed E-state index contributed by atoms with van der Waals surface area (Å²) in [7, 11) is 0. The van der Waals surface area contributed by atoms with E-state index in [0.717, 1.165) is 26.8 Å². The lowest BCUT2D eigenvalue weighted by Crippen LogP contribution is -2.42. The number of halogens is 2. The van der Waals surface area contributed by atoms with E-state index < -0.39 is 16.8 Å². The normalized spacial score (nSPS) is 26.6. The highest BCUT2D eigenvalue weighted by atomic mass is 35.5. The molecule has 3 fully saturated rings. The molecule has 2 bridgehead atoms. The van der Waals surface area contributed by atoms with Gasteiger partial charge in [0.25, 0.3) is 11.6 Å². The number of rotatable bonds is 7. The number of H-pyrrole nitrogens is 1. The number of ether oxygens (including phenoxy) is 1. The molecule has 244 valence electrons. The van der Waals surface area contributed by atoms with E-state index in [9.17, 15) is 29.3 Å². The second kappa shape index (κ2) is 11.8. The van der Waals surface area contributed by atoms with Gasteiger partial charge >= 0.3 is 4.87 Å². The lowest BCUT2D eigenvalue weighted by atomic mass is 9.68. The number of thioether (sulfide) groups is 1. The van der Waals surface area contributed by atoms with Gasteiger partial charge in [-0.15, -0.1) is 11.8 Å². The predicted molar refractivity (Wildman–Crippen MR) is 181 cm³/mol. The Balaban J connectivity index is 1.07. The number of hydrogen-bond donors (Lipinski definition) is 2. The van der Waals surface area contributed by atoms with E-state index in [1.165, 1.54) is 29.2 Å². The number of thiazole rings is 1. The van der Waals surface area contributed by atoms with Crippen LogP contribution in [-0.4, -0.2) is 39.5 Å². The Kier molecular flexibility index (Phi) is 7.62. The van der Waals surface area contributed by atoms with Crippen molar-refractivity contribution in [3.8, 4) is 5.75 Å². The molecule has 4 aromatic rings. The molecule has 3 aromatic carbocycles. The number of anilines is 2. The van der Waals surface area contributed by atoms with Gasteiger partial charge in [0.1, 0.15) is 5.75 Å². The average Bonchev–Trinajstić information content (AvgIpc) is 3.80. The van der Waals surface area contributed by atoms with Gasteiger partial charge in [-0.2, -0.15) is 0 Å². The molecular formula is C33H24Cl2N4O7S2. The van der Waals surface area contributed by atoms with Gasteiger partial charge in [-0.1, -0.05) is 46.7 Å². The first-order chi connectivity index (χ1) is 23.1. The molecule has 2 saturated carbocycles. The van der Waals surface area contributed by atoms with Crippen LogP contribution in [0.25, 0.3) is 0 Å². The van der Waals surface area contributed by atoms with Crippen LogP contribution in [0.2, 0.25) is 10.0 Å². The maximum absolute atomic E-state index is 14.0. The van der Waals surface area contributed by atoms with E-state index >= 15 is 0 Å². The molecule has 0 spiro atoms. The lowest BCUT2D eigenvalue weighted by molar-refractivity contribution is -0.384. The average molecular weight is 724 g/mol. The Hall–Kier alpha value is -4.17. The summed E-state index contributed by atoms with van der Waals surface area (Å²) < 4.78 is 5.89. The minimum atomic E-state index is -0.524. The Bertz CT molecular complexity index is 2090. The second-order valence-corrected chi connectivity index (χ2v) is 15.3. The molecule has 8 rings (SSSR count). The number of fused-ring (bicyclic) bond motifs is 9. The van der Waals surface area contributed by atoms with Gasteiger partial charge < -0.3 is 15.0 Å². The third kappa shape index (κ3) is 5.02. The van der Waals surface area contributed by atoms with E-state index in [4.69, 9.17) is 27.9 Å². The fraction of sp³-hybridized carbons (Fsp3) is 0.273. The van der Waals surface area contributed by atoms with Crippen molar-refractivity contribution < 1.29 is 24.0 Å². The molecule has 2 aliphatic heterocycles. The van der Waals surface area contributed by atoms with Crippen molar-refractivity contribution in [1.82, 2.24) is 4.98 Å². The monoisotopic (exact) mass is 722 g/mol. The molecule has 1 saturated heterocycles. The van der Waals surface area contributed by atoms with Crippen molar-refractivity contribution in [3.05, 3.63) is 107 Å². The molecule has 15 heteroatoms. The number of carbonyl (C=O) groups is 3. The minimum Gasteiger partial charge on any atom is -0.484 e. The Morgan fingerprint density at radius 2 is 1.75 bits per heavy atom. The molecule has 48 heavy (non-hydrogen) atoms. The summed E-state index contributed by atoms with van der Waals surface area (Å²) >= 11 is 14.8. The fourth-order valence-corrected chi connectivity index (χ4v) is 11.3. The largest absolute Gasteiger partial charge is 0.484 e. The summed E-state index contributed by atoms with van der Waals surface area (Å²) in [6.07, 6.45) is 0.712. The summed E-state index contributed by atoms with van der Waals surface area (Å²) in [5.74, 6) is -1.99. The van der Waals surface area contributed by atoms with Crippen LogP contribution in [0.4, 0.5) is 17.1 Å². The first-order valence-corrected chi connectivity index (χ1v) is 17.5. The number of benzene rings is 3. The highest BCUT2D eigenvalue weighted by Crippen LogP contribution is 2.68. The molecule has 2 aliphatic carbocycles. The van der Waals surface area contributed by atoms with Crippen molar-refractivity contribution in [3.63, 3.8) is 0 Å². The zero-order chi connectivity index (χ0) is 33.4. The number of nitrogens with one attached hydrogen (secondary N) is 2. The highest BCUT2D eigenvalue weighted by Gasteiger charge is 2.69. The van der Waals surface area contributed by atoms with Crippen molar-refractivity contribution in [2.45, 2.75) is 22.6 Å². The van der Waals surface area contributed by atoms with Crippen LogP contribution in [0.3, 0.4) is 0 Å². The van der Waals surface area contributed by atoms with Crippen LogP contribution < -0.4 is 19.8 Å². The maximum atomic E-state index is 14.0. The number of nitro benzene ring substituents is 1. The van der Waals surface area contributed by atoms with E-state index in [0.29, 0.717) is 33.6 Å². The summed E-state index contributed by atoms with van der Waals surface area (Å²) in [5.41, 5.74) is 1.57. The van der Waals surface area contributed by atoms with E-state index in [-0.39, 0.29) is 63.8 Å².